The Labute approximate surface area is 337 Å². The summed E-state index contributed by atoms with van der Waals surface area (Å²) in [6.07, 6.45) is 5.21. The third-order valence-corrected chi connectivity index (χ3v) is 12.0. The number of unbranched alkanes of at least 4 members (excludes halogenated alkanes) is 2. The van der Waals surface area contributed by atoms with Crippen LogP contribution in [0.1, 0.15) is 54.4 Å². The first-order chi connectivity index (χ1) is 27.9. The first-order valence-corrected chi connectivity index (χ1v) is 21.5. The zero-order valence-electron chi connectivity index (χ0n) is 32.4. The van der Waals surface area contributed by atoms with E-state index in [9.17, 15) is 27.6 Å². The van der Waals surface area contributed by atoms with Gasteiger partial charge in [-0.2, -0.15) is 4.99 Å². The van der Waals surface area contributed by atoms with Gasteiger partial charge < -0.3 is 25.6 Å². The Bertz CT molecular complexity index is 2320. The number of aromatic nitrogens is 1. The second-order valence-electron chi connectivity index (χ2n) is 14.9. The molecule has 2 aliphatic heterocycles. The van der Waals surface area contributed by atoms with Gasteiger partial charge in [0.15, 0.2) is 27.4 Å². The second-order valence-corrected chi connectivity index (χ2v) is 16.9. The zero-order chi connectivity index (χ0) is 40.8. The SMILES string of the molecule is CS(=O)(=O)c1ccc(-c2cccc(N=C(N)Nc3ccc(N4CCN(C(=O)CCCCCOc5ccc6c(c5)CC(C5CCC(=O)NC5=O)C6=O)CC4)cc3)n2)cc1. The monoisotopic (exact) mass is 805 g/mol. The van der Waals surface area contributed by atoms with E-state index in [2.05, 4.69) is 25.5 Å². The number of sulfone groups is 1. The molecule has 14 nitrogen and oxygen atoms in total. The summed E-state index contributed by atoms with van der Waals surface area (Å²) in [5.74, 6) is -0.188. The fraction of sp³-hybridized carbons (Fsp3) is 0.349. The van der Waals surface area contributed by atoms with Gasteiger partial charge in [0.2, 0.25) is 17.7 Å². The standard InChI is InChI=1S/C43H47N7O7S/c1-58(55,56)33-16-9-28(10-17-33)37-6-5-7-38(46-37)47-43(44)45-30-11-13-31(14-12-30)49-21-23-50(24-22-49)40(52)8-3-2-4-25-57-32-15-18-34-29(26-32)27-36(41(34)53)35-19-20-39(51)48-42(35)54/h5-7,9-18,26,35-36H,2-4,8,19-25,27H2,1H3,(H,48,51,54)(H3,44,45,46,47). The summed E-state index contributed by atoms with van der Waals surface area (Å²) in [5.41, 5.74) is 10.9. The van der Waals surface area contributed by atoms with E-state index in [1.165, 1.54) is 6.26 Å². The molecule has 0 saturated carbocycles. The number of carbonyl (C=O) groups excluding carboxylic acids is 4. The number of rotatable bonds is 13. The molecule has 2 saturated heterocycles. The van der Waals surface area contributed by atoms with Crippen molar-refractivity contribution in [2.75, 3.05) is 49.3 Å². The van der Waals surface area contributed by atoms with Crippen LogP contribution in [0.5, 0.6) is 5.75 Å². The number of pyridine rings is 1. The van der Waals surface area contributed by atoms with Crippen LogP contribution in [0, 0.1) is 11.8 Å². The summed E-state index contributed by atoms with van der Waals surface area (Å²) in [7, 11) is -3.29. The van der Waals surface area contributed by atoms with Crippen molar-refractivity contribution >= 4 is 56.5 Å². The molecule has 2 fully saturated rings. The first kappa shape index (κ1) is 40.1. The highest BCUT2D eigenvalue weighted by Gasteiger charge is 2.42. The Morgan fingerprint density at radius 2 is 1.69 bits per heavy atom. The maximum Gasteiger partial charge on any atom is 0.230 e. The molecule has 302 valence electrons. The minimum absolute atomic E-state index is 0.0443. The van der Waals surface area contributed by atoms with Gasteiger partial charge in [-0.25, -0.2) is 13.4 Å². The number of anilines is 2. The molecule has 7 rings (SSSR count). The van der Waals surface area contributed by atoms with Gasteiger partial charge >= 0.3 is 0 Å². The molecule has 1 aliphatic carbocycles. The molecule has 4 aromatic rings. The van der Waals surface area contributed by atoms with Crippen molar-refractivity contribution in [2.45, 2.75) is 49.8 Å². The van der Waals surface area contributed by atoms with E-state index >= 15 is 0 Å². The Kier molecular flexibility index (Phi) is 12.2. The number of piperazine rings is 1. The topological polar surface area (TPSA) is 193 Å². The molecule has 2 unspecified atom stereocenters. The molecule has 15 heteroatoms. The maximum absolute atomic E-state index is 13.0. The van der Waals surface area contributed by atoms with Crippen LogP contribution in [-0.4, -0.2) is 86.8 Å². The molecule has 58 heavy (non-hydrogen) atoms. The number of imide groups is 1. The first-order valence-electron chi connectivity index (χ1n) is 19.6. The highest BCUT2D eigenvalue weighted by Crippen LogP contribution is 2.36. The van der Waals surface area contributed by atoms with E-state index in [-0.39, 0.29) is 40.8 Å². The third kappa shape index (κ3) is 9.71. The van der Waals surface area contributed by atoms with E-state index in [4.69, 9.17) is 10.5 Å². The number of piperidine rings is 1. The lowest BCUT2D eigenvalue weighted by atomic mass is 9.83. The number of nitrogens with two attached hydrogens (primary N) is 1. The normalized spacial score (nSPS) is 18.5. The van der Waals surface area contributed by atoms with Gasteiger partial charge in [0, 0.05) is 79.6 Å². The number of carbonyl (C=O) groups is 4. The van der Waals surface area contributed by atoms with Gasteiger partial charge in [0.1, 0.15) is 5.75 Å². The van der Waals surface area contributed by atoms with Gasteiger partial charge in [-0.3, -0.25) is 24.5 Å². The van der Waals surface area contributed by atoms with Crippen LogP contribution in [0.4, 0.5) is 17.2 Å². The van der Waals surface area contributed by atoms with Crippen LogP contribution in [0.25, 0.3) is 11.3 Å². The van der Waals surface area contributed by atoms with Crippen LogP contribution in [0.3, 0.4) is 0 Å². The molecule has 0 radical (unpaired) electrons. The lowest BCUT2D eigenvalue weighted by Gasteiger charge is -2.36. The average Bonchev–Trinajstić information content (AvgIpc) is 3.53. The number of fused-ring (bicyclic) bond motifs is 1. The summed E-state index contributed by atoms with van der Waals surface area (Å²) >= 11 is 0. The Morgan fingerprint density at radius 1 is 0.931 bits per heavy atom. The minimum Gasteiger partial charge on any atom is -0.494 e. The Balaban J connectivity index is 0.798. The number of hydrogen-bond donors (Lipinski definition) is 3. The van der Waals surface area contributed by atoms with Crippen molar-refractivity contribution in [3.05, 3.63) is 96.1 Å². The van der Waals surface area contributed by atoms with Crippen LogP contribution in [0.2, 0.25) is 0 Å². The highest BCUT2D eigenvalue weighted by atomic mass is 32.2. The molecule has 3 aromatic carbocycles. The lowest BCUT2D eigenvalue weighted by Crippen LogP contribution is -2.48. The Hall–Kier alpha value is -6.09. The summed E-state index contributed by atoms with van der Waals surface area (Å²) < 4.78 is 29.6. The summed E-state index contributed by atoms with van der Waals surface area (Å²) in [6.45, 7) is 3.27. The molecule has 0 spiro atoms. The maximum atomic E-state index is 13.0. The van der Waals surface area contributed by atoms with Crippen LogP contribution < -0.4 is 26.0 Å². The molecule has 3 aliphatic rings. The second kappa shape index (κ2) is 17.6. The lowest BCUT2D eigenvalue weighted by molar-refractivity contribution is -0.137. The number of Topliss-reactive ketones (excluding diaryl/α,β-unsaturated/α-hetero) is 1. The number of amides is 3. The summed E-state index contributed by atoms with van der Waals surface area (Å²) in [6, 6.07) is 25.2. The number of nitrogens with zero attached hydrogens (tertiary/aromatic N) is 4. The molecular weight excluding hydrogens is 759 g/mol. The van der Waals surface area contributed by atoms with E-state index in [1.807, 2.05) is 47.4 Å². The fourth-order valence-electron chi connectivity index (χ4n) is 7.71. The summed E-state index contributed by atoms with van der Waals surface area (Å²) in [4.78, 5) is 63.3. The molecule has 4 N–H and O–H groups in total. The number of ketones is 1. The molecular formula is C43H47N7O7S. The fourth-order valence-corrected chi connectivity index (χ4v) is 8.34. The number of ether oxygens (including phenoxy) is 1. The molecule has 1 aromatic heterocycles. The van der Waals surface area contributed by atoms with Crippen LogP contribution in [-0.2, 0) is 30.6 Å². The quantitative estimate of drug-likeness (QED) is 0.0720. The van der Waals surface area contributed by atoms with Gasteiger partial charge in [0.05, 0.1) is 17.2 Å². The van der Waals surface area contributed by atoms with Gasteiger partial charge in [-0.15, -0.1) is 0 Å². The number of nitrogens with one attached hydrogen (secondary N) is 2. The molecule has 3 amide bonds. The molecule has 2 atom stereocenters. The van der Waals surface area contributed by atoms with Crippen molar-refractivity contribution in [1.29, 1.82) is 0 Å². The van der Waals surface area contributed by atoms with E-state index in [0.29, 0.717) is 61.8 Å². The molecule has 0 bridgehead atoms. The molecule has 3 heterocycles. The van der Waals surface area contributed by atoms with E-state index in [0.717, 1.165) is 54.9 Å². The minimum atomic E-state index is -3.29. The average molecular weight is 806 g/mol. The number of benzene rings is 3. The Morgan fingerprint density at radius 3 is 2.41 bits per heavy atom. The number of guanidine groups is 1. The zero-order valence-corrected chi connectivity index (χ0v) is 33.2. The van der Waals surface area contributed by atoms with Gasteiger partial charge in [-0.05, 0) is 104 Å². The van der Waals surface area contributed by atoms with Crippen LogP contribution >= 0.6 is 0 Å². The highest BCUT2D eigenvalue weighted by molar-refractivity contribution is 7.90. The number of aliphatic imine (C=N–C) groups is 1. The smallest absolute Gasteiger partial charge is 0.230 e. The van der Waals surface area contributed by atoms with E-state index < -0.39 is 21.7 Å². The third-order valence-electron chi connectivity index (χ3n) is 10.9. The largest absolute Gasteiger partial charge is 0.494 e. The predicted molar refractivity (Wildman–Crippen MR) is 221 cm³/mol. The van der Waals surface area contributed by atoms with Crippen molar-refractivity contribution in [3.63, 3.8) is 0 Å². The van der Waals surface area contributed by atoms with E-state index in [1.54, 1.807) is 42.5 Å². The van der Waals surface area contributed by atoms with Crippen molar-refractivity contribution < 1.29 is 32.3 Å². The van der Waals surface area contributed by atoms with Gasteiger partial charge in [0.25, 0.3) is 0 Å². The van der Waals surface area contributed by atoms with Gasteiger partial charge in [-0.1, -0.05) is 18.2 Å². The summed E-state index contributed by atoms with van der Waals surface area (Å²) in [5, 5.41) is 5.47. The predicted octanol–water partition coefficient (Wildman–Crippen LogP) is 4.91. The van der Waals surface area contributed by atoms with Crippen molar-refractivity contribution in [2.24, 2.45) is 22.6 Å². The van der Waals surface area contributed by atoms with Crippen molar-refractivity contribution in [1.82, 2.24) is 15.2 Å². The number of hydrogen-bond acceptors (Lipinski definition) is 10. The van der Waals surface area contributed by atoms with Crippen LogP contribution in [0.15, 0.2) is 94.8 Å². The van der Waals surface area contributed by atoms with Crippen molar-refractivity contribution in [3.8, 4) is 17.0 Å².